The minimum absolute atomic E-state index is 0.0659. The van der Waals surface area contributed by atoms with Gasteiger partial charge in [0, 0.05) is 16.7 Å². The minimum Gasteiger partial charge on any atom is -0.355 e. The van der Waals surface area contributed by atoms with E-state index in [1.807, 2.05) is 39.0 Å². The largest absolute Gasteiger partial charge is 0.355 e. The highest BCUT2D eigenvalue weighted by Gasteiger charge is 2.12. The lowest BCUT2D eigenvalue weighted by Gasteiger charge is -2.17. The Bertz CT molecular complexity index is 532. The lowest BCUT2D eigenvalue weighted by atomic mass is 10.2. The van der Waals surface area contributed by atoms with Gasteiger partial charge in [-0.25, -0.2) is 0 Å². The molecular formula is C16H24BrN3O2. The van der Waals surface area contributed by atoms with E-state index in [0.717, 1.165) is 15.7 Å². The number of nitrogens with zero attached hydrogens (tertiary/aromatic N) is 1. The Morgan fingerprint density at radius 1 is 1.23 bits per heavy atom. The highest BCUT2D eigenvalue weighted by atomic mass is 79.9. The van der Waals surface area contributed by atoms with Crippen molar-refractivity contribution in [1.29, 1.82) is 0 Å². The molecule has 0 spiro atoms. The molecule has 6 heteroatoms. The van der Waals surface area contributed by atoms with E-state index in [4.69, 9.17) is 0 Å². The Morgan fingerprint density at radius 2 is 1.86 bits per heavy atom. The summed E-state index contributed by atoms with van der Waals surface area (Å²) < 4.78 is 0.974. The van der Waals surface area contributed by atoms with Gasteiger partial charge in [-0.05, 0) is 43.7 Å². The molecule has 0 aliphatic heterocycles. The molecule has 0 radical (unpaired) electrons. The fourth-order valence-electron chi connectivity index (χ4n) is 1.88. The molecule has 122 valence electrons. The van der Waals surface area contributed by atoms with Crippen molar-refractivity contribution >= 4 is 33.4 Å². The first-order chi connectivity index (χ1) is 10.3. The van der Waals surface area contributed by atoms with E-state index in [9.17, 15) is 9.59 Å². The Hall–Kier alpha value is -1.40. The SMILES string of the molecule is Cc1cc(Br)ccc1NC(=O)CN(C)CC(=O)NCC(C)C. The van der Waals surface area contributed by atoms with Crippen molar-refractivity contribution < 1.29 is 9.59 Å². The maximum Gasteiger partial charge on any atom is 0.238 e. The topological polar surface area (TPSA) is 61.4 Å². The van der Waals surface area contributed by atoms with Crippen LogP contribution in [0.3, 0.4) is 0 Å². The number of hydrogen-bond acceptors (Lipinski definition) is 3. The van der Waals surface area contributed by atoms with Gasteiger partial charge in [-0.15, -0.1) is 0 Å². The molecule has 0 atom stereocenters. The van der Waals surface area contributed by atoms with Crippen LogP contribution < -0.4 is 10.6 Å². The lowest BCUT2D eigenvalue weighted by molar-refractivity contribution is -0.123. The molecule has 0 bridgehead atoms. The average Bonchev–Trinajstić information content (AvgIpc) is 2.39. The van der Waals surface area contributed by atoms with Gasteiger partial charge in [0.05, 0.1) is 13.1 Å². The summed E-state index contributed by atoms with van der Waals surface area (Å²) in [6, 6.07) is 5.68. The summed E-state index contributed by atoms with van der Waals surface area (Å²) >= 11 is 3.39. The van der Waals surface area contributed by atoms with Gasteiger partial charge in [-0.2, -0.15) is 0 Å². The van der Waals surface area contributed by atoms with Crippen LogP contribution in [0.1, 0.15) is 19.4 Å². The molecule has 5 nitrogen and oxygen atoms in total. The second-order valence-electron chi connectivity index (χ2n) is 5.88. The first-order valence-corrected chi connectivity index (χ1v) is 8.08. The standard InChI is InChI=1S/C16H24BrN3O2/c1-11(2)8-18-15(21)9-20(4)10-16(22)19-14-6-5-13(17)7-12(14)3/h5-7,11H,8-10H2,1-4H3,(H,18,21)(H,19,22). The maximum atomic E-state index is 12.0. The maximum absolute atomic E-state index is 12.0. The Labute approximate surface area is 140 Å². The van der Waals surface area contributed by atoms with E-state index < -0.39 is 0 Å². The molecule has 0 unspecified atom stereocenters. The molecular weight excluding hydrogens is 346 g/mol. The predicted octanol–water partition coefficient (Wildman–Crippen LogP) is 2.40. The average molecular weight is 370 g/mol. The minimum atomic E-state index is -0.135. The zero-order valence-electron chi connectivity index (χ0n) is 13.6. The molecule has 2 N–H and O–H groups in total. The van der Waals surface area contributed by atoms with Crippen molar-refractivity contribution in [1.82, 2.24) is 10.2 Å². The van der Waals surface area contributed by atoms with Crippen LogP contribution in [0.15, 0.2) is 22.7 Å². The lowest BCUT2D eigenvalue weighted by Crippen LogP contribution is -2.40. The van der Waals surface area contributed by atoms with E-state index in [2.05, 4.69) is 26.6 Å². The number of carbonyl (C=O) groups is 2. The number of anilines is 1. The van der Waals surface area contributed by atoms with Crippen LogP contribution in [-0.2, 0) is 9.59 Å². The van der Waals surface area contributed by atoms with E-state index in [1.165, 1.54) is 0 Å². The fourth-order valence-corrected chi connectivity index (χ4v) is 2.35. The van der Waals surface area contributed by atoms with Gasteiger partial charge < -0.3 is 10.6 Å². The molecule has 1 rings (SSSR count). The van der Waals surface area contributed by atoms with Crippen LogP contribution in [-0.4, -0.2) is 43.4 Å². The van der Waals surface area contributed by atoms with E-state index in [1.54, 1.807) is 11.9 Å². The summed E-state index contributed by atoms with van der Waals surface area (Å²) in [5, 5.41) is 5.69. The molecule has 1 aromatic rings. The molecule has 1 aromatic carbocycles. The molecule has 22 heavy (non-hydrogen) atoms. The van der Waals surface area contributed by atoms with Crippen molar-refractivity contribution in [3.05, 3.63) is 28.2 Å². The number of halogens is 1. The third-order valence-corrected chi connectivity index (χ3v) is 3.49. The number of carbonyl (C=O) groups excluding carboxylic acids is 2. The molecule has 0 aliphatic carbocycles. The summed E-state index contributed by atoms with van der Waals surface area (Å²) in [7, 11) is 1.75. The number of amides is 2. The van der Waals surface area contributed by atoms with E-state index in [-0.39, 0.29) is 24.9 Å². The van der Waals surface area contributed by atoms with Gasteiger partial charge in [-0.3, -0.25) is 14.5 Å². The number of rotatable bonds is 7. The number of likely N-dealkylation sites (N-methyl/N-ethyl adjacent to an activating group) is 1. The van der Waals surface area contributed by atoms with Gasteiger partial charge in [0.1, 0.15) is 0 Å². The number of aryl methyl sites for hydroxylation is 1. The van der Waals surface area contributed by atoms with Crippen LogP contribution in [0.2, 0.25) is 0 Å². The molecule has 0 heterocycles. The number of hydrogen-bond donors (Lipinski definition) is 2. The first-order valence-electron chi connectivity index (χ1n) is 7.29. The number of benzene rings is 1. The highest BCUT2D eigenvalue weighted by Crippen LogP contribution is 2.19. The predicted molar refractivity (Wildman–Crippen MR) is 92.9 cm³/mol. The van der Waals surface area contributed by atoms with Crippen LogP contribution in [0.25, 0.3) is 0 Å². The molecule has 0 fully saturated rings. The van der Waals surface area contributed by atoms with Gasteiger partial charge in [0.2, 0.25) is 11.8 Å². The Balaban J connectivity index is 2.42. The molecule has 0 saturated heterocycles. The summed E-state index contributed by atoms with van der Waals surface area (Å²) in [5.74, 6) is 0.214. The van der Waals surface area contributed by atoms with Crippen molar-refractivity contribution in [3.63, 3.8) is 0 Å². The summed E-state index contributed by atoms with van der Waals surface area (Å²) in [6.45, 7) is 7.04. The van der Waals surface area contributed by atoms with Crippen molar-refractivity contribution in [3.8, 4) is 0 Å². The second-order valence-corrected chi connectivity index (χ2v) is 6.79. The molecule has 0 aromatic heterocycles. The second kappa shape index (κ2) is 8.90. The first kappa shape index (κ1) is 18.6. The van der Waals surface area contributed by atoms with Crippen LogP contribution in [0, 0.1) is 12.8 Å². The third-order valence-electron chi connectivity index (χ3n) is 3.00. The quantitative estimate of drug-likeness (QED) is 0.775. The summed E-state index contributed by atoms with van der Waals surface area (Å²) in [4.78, 5) is 25.4. The number of nitrogens with one attached hydrogen (secondary N) is 2. The third kappa shape index (κ3) is 7.04. The van der Waals surface area contributed by atoms with E-state index in [0.29, 0.717) is 12.5 Å². The smallest absolute Gasteiger partial charge is 0.238 e. The van der Waals surface area contributed by atoms with Crippen molar-refractivity contribution in [2.45, 2.75) is 20.8 Å². The van der Waals surface area contributed by atoms with Crippen molar-refractivity contribution in [2.24, 2.45) is 5.92 Å². The molecule has 0 aliphatic rings. The van der Waals surface area contributed by atoms with Gasteiger partial charge >= 0.3 is 0 Å². The zero-order valence-corrected chi connectivity index (χ0v) is 15.2. The Kier molecular flexibility index (Phi) is 7.55. The highest BCUT2D eigenvalue weighted by molar-refractivity contribution is 9.10. The summed E-state index contributed by atoms with van der Waals surface area (Å²) in [5.41, 5.74) is 1.77. The zero-order chi connectivity index (χ0) is 16.7. The Morgan fingerprint density at radius 3 is 2.45 bits per heavy atom. The monoisotopic (exact) mass is 369 g/mol. The van der Waals surface area contributed by atoms with Gasteiger partial charge in [0.15, 0.2) is 0 Å². The molecule has 2 amide bonds. The van der Waals surface area contributed by atoms with Crippen LogP contribution in [0.5, 0.6) is 0 Å². The van der Waals surface area contributed by atoms with Crippen LogP contribution >= 0.6 is 15.9 Å². The van der Waals surface area contributed by atoms with E-state index >= 15 is 0 Å². The molecule has 0 saturated carbocycles. The normalized spacial score (nSPS) is 10.9. The van der Waals surface area contributed by atoms with Gasteiger partial charge in [0.25, 0.3) is 0 Å². The van der Waals surface area contributed by atoms with Crippen molar-refractivity contribution in [2.75, 3.05) is 32.0 Å². The summed E-state index contributed by atoms with van der Waals surface area (Å²) in [6.07, 6.45) is 0. The fraction of sp³-hybridized carbons (Fsp3) is 0.500. The van der Waals surface area contributed by atoms with Crippen LogP contribution in [0.4, 0.5) is 5.69 Å². The van der Waals surface area contributed by atoms with Gasteiger partial charge in [-0.1, -0.05) is 29.8 Å².